The largest absolute Gasteiger partial charge is 0.427 e. The SMILES string of the molecule is CC(=O)Oc1ccc(C(=O)CCc2ccccc2)cc1. The molecule has 2 rings (SSSR count). The van der Waals surface area contributed by atoms with Crippen LogP contribution in [0.15, 0.2) is 54.6 Å². The van der Waals surface area contributed by atoms with Crippen LogP contribution in [0.1, 0.15) is 29.3 Å². The Hall–Kier alpha value is -2.42. The first-order valence-corrected chi connectivity index (χ1v) is 6.51. The van der Waals surface area contributed by atoms with Gasteiger partial charge in [-0.25, -0.2) is 0 Å². The van der Waals surface area contributed by atoms with Crippen molar-refractivity contribution < 1.29 is 14.3 Å². The van der Waals surface area contributed by atoms with E-state index in [1.54, 1.807) is 24.3 Å². The lowest BCUT2D eigenvalue weighted by Gasteiger charge is -2.04. The van der Waals surface area contributed by atoms with Crippen LogP contribution < -0.4 is 4.74 Å². The van der Waals surface area contributed by atoms with E-state index in [-0.39, 0.29) is 11.8 Å². The Morgan fingerprint density at radius 3 is 2.20 bits per heavy atom. The van der Waals surface area contributed by atoms with Crippen molar-refractivity contribution in [2.24, 2.45) is 0 Å². The summed E-state index contributed by atoms with van der Waals surface area (Å²) in [6.07, 6.45) is 1.20. The fraction of sp³-hybridized carbons (Fsp3) is 0.176. The predicted molar refractivity (Wildman–Crippen MR) is 76.8 cm³/mol. The minimum absolute atomic E-state index is 0.0863. The lowest BCUT2D eigenvalue weighted by atomic mass is 10.0. The summed E-state index contributed by atoms with van der Waals surface area (Å²) in [5.74, 6) is 0.175. The molecule has 0 aliphatic heterocycles. The van der Waals surface area contributed by atoms with Gasteiger partial charge in [-0.2, -0.15) is 0 Å². The molecule has 0 bridgehead atoms. The van der Waals surface area contributed by atoms with E-state index in [2.05, 4.69) is 0 Å². The molecular formula is C17H16O3. The number of ketones is 1. The summed E-state index contributed by atoms with van der Waals surface area (Å²) in [6.45, 7) is 1.35. The van der Waals surface area contributed by atoms with Crippen molar-refractivity contribution in [3.8, 4) is 5.75 Å². The summed E-state index contributed by atoms with van der Waals surface area (Å²) in [5, 5.41) is 0. The molecule has 0 saturated heterocycles. The molecule has 0 aromatic heterocycles. The van der Waals surface area contributed by atoms with Gasteiger partial charge >= 0.3 is 5.97 Å². The zero-order valence-electron chi connectivity index (χ0n) is 11.3. The molecule has 0 unspecified atom stereocenters. The molecule has 0 amide bonds. The average Bonchev–Trinajstić information content (AvgIpc) is 2.46. The van der Waals surface area contributed by atoms with Gasteiger partial charge in [0.25, 0.3) is 0 Å². The number of hydrogen-bond donors (Lipinski definition) is 0. The van der Waals surface area contributed by atoms with Crippen LogP contribution in [0.4, 0.5) is 0 Å². The van der Waals surface area contributed by atoms with Gasteiger partial charge in [0.2, 0.25) is 0 Å². The lowest BCUT2D eigenvalue weighted by molar-refractivity contribution is -0.131. The molecule has 0 atom stereocenters. The zero-order chi connectivity index (χ0) is 14.4. The van der Waals surface area contributed by atoms with E-state index in [0.29, 0.717) is 17.7 Å². The summed E-state index contributed by atoms with van der Waals surface area (Å²) in [5.41, 5.74) is 1.79. The fourth-order valence-electron chi connectivity index (χ4n) is 1.92. The Bertz CT molecular complexity index is 585. The van der Waals surface area contributed by atoms with Crippen molar-refractivity contribution in [2.45, 2.75) is 19.8 Å². The average molecular weight is 268 g/mol. The lowest BCUT2D eigenvalue weighted by Crippen LogP contribution is -2.03. The number of rotatable bonds is 5. The van der Waals surface area contributed by atoms with E-state index < -0.39 is 0 Å². The van der Waals surface area contributed by atoms with Gasteiger partial charge in [0.05, 0.1) is 0 Å². The van der Waals surface area contributed by atoms with Crippen molar-refractivity contribution >= 4 is 11.8 Å². The van der Waals surface area contributed by atoms with Crippen molar-refractivity contribution in [3.63, 3.8) is 0 Å². The molecule has 2 aromatic carbocycles. The molecule has 0 spiro atoms. The van der Waals surface area contributed by atoms with Gasteiger partial charge in [0, 0.05) is 18.9 Å². The second-order valence-electron chi connectivity index (χ2n) is 4.53. The van der Waals surface area contributed by atoms with Gasteiger partial charge in [-0.1, -0.05) is 30.3 Å². The standard InChI is InChI=1S/C17H16O3/c1-13(18)20-16-10-8-15(9-11-16)17(19)12-7-14-5-3-2-4-6-14/h2-6,8-11H,7,12H2,1H3. The number of hydrogen-bond acceptors (Lipinski definition) is 3. The summed E-state index contributed by atoms with van der Waals surface area (Å²) < 4.78 is 4.93. The van der Waals surface area contributed by atoms with Gasteiger partial charge in [-0.05, 0) is 36.2 Å². The molecule has 3 heteroatoms. The summed E-state index contributed by atoms with van der Waals surface area (Å²) in [6, 6.07) is 16.6. The first kappa shape index (κ1) is 14.0. The van der Waals surface area contributed by atoms with E-state index in [1.807, 2.05) is 30.3 Å². The molecule has 0 heterocycles. The molecule has 0 aliphatic carbocycles. The van der Waals surface area contributed by atoms with Crippen LogP contribution in [0.3, 0.4) is 0 Å². The van der Waals surface area contributed by atoms with Crippen molar-refractivity contribution in [1.82, 2.24) is 0 Å². The number of carbonyl (C=O) groups is 2. The highest BCUT2D eigenvalue weighted by Gasteiger charge is 2.07. The third-order valence-electron chi connectivity index (χ3n) is 2.92. The van der Waals surface area contributed by atoms with Gasteiger partial charge in [0.15, 0.2) is 5.78 Å². The second kappa shape index (κ2) is 6.66. The van der Waals surface area contributed by atoms with Crippen LogP contribution >= 0.6 is 0 Å². The van der Waals surface area contributed by atoms with Crippen LogP contribution in [0.2, 0.25) is 0 Å². The number of aryl methyl sites for hydroxylation is 1. The van der Waals surface area contributed by atoms with E-state index >= 15 is 0 Å². The quantitative estimate of drug-likeness (QED) is 0.474. The van der Waals surface area contributed by atoms with Crippen molar-refractivity contribution in [1.29, 1.82) is 0 Å². The van der Waals surface area contributed by atoms with E-state index in [1.165, 1.54) is 6.92 Å². The molecule has 0 N–H and O–H groups in total. The maximum Gasteiger partial charge on any atom is 0.308 e. The Morgan fingerprint density at radius 1 is 0.950 bits per heavy atom. The maximum atomic E-state index is 12.0. The van der Waals surface area contributed by atoms with Gasteiger partial charge in [-0.3, -0.25) is 9.59 Å². The highest BCUT2D eigenvalue weighted by atomic mass is 16.5. The Labute approximate surface area is 118 Å². The summed E-state index contributed by atoms with van der Waals surface area (Å²) in [4.78, 5) is 22.8. The maximum absolute atomic E-state index is 12.0. The highest BCUT2D eigenvalue weighted by molar-refractivity contribution is 5.96. The number of carbonyl (C=O) groups excluding carboxylic acids is 2. The van der Waals surface area contributed by atoms with Gasteiger partial charge in [-0.15, -0.1) is 0 Å². The van der Waals surface area contributed by atoms with E-state index in [9.17, 15) is 9.59 Å². The molecule has 102 valence electrons. The monoisotopic (exact) mass is 268 g/mol. The van der Waals surface area contributed by atoms with Crippen LogP contribution in [-0.2, 0) is 11.2 Å². The molecule has 0 saturated carbocycles. The highest BCUT2D eigenvalue weighted by Crippen LogP contribution is 2.14. The third kappa shape index (κ3) is 4.05. The molecular weight excluding hydrogens is 252 g/mol. The first-order valence-electron chi connectivity index (χ1n) is 6.51. The molecule has 3 nitrogen and oxygen atoms in total. The smallest absolute Gasteiger partial charge is 0.308 e. The summed E-state index contributed by atoms with van der Waals surface area (Å²) in [7, 11) is 0. The minimum Gasteiger partial charge on any atom is -0.427 e. The molecule has 0 fully saturated rings. The normalized spacial score (nSPS) is 10.1. The second-order valence-corrected chi connectivity index (χ2v) is 4.53. The molecule has 2 aromatic rings. The number of esters is 1. The molecule has 0 radical (unpaired) electrons. The van der Waals surface area contributed by atoms with Crippen molar-refractivity contribution in [3.05, 3.63) is 65.7 Å². The van der Waals surface area contributed by atoms with E-state index in [0.717, 1.165) is 12.0 Å². The Morgan fingerprint density at radius 2 is 1.60 bits per heavy atom. The number of ether oxygens (including phenoxy) is 1. The third-order valence-corrected chi connectivity index (χ3v) is 2.92. The summed E-state index contributed by atoms with van der Waals surface area (Å²) >= 11 is 0. The predicted octanol–water partition coefficient (Wildman–Crippen LogP) is 3.43. The van der Waals surface area contributed by atoms with Crippen molar-refractivity contribution in [2.75, 3.05) is 0 Å². The Kier molecular flexibility index (Phi) is 4.66. The van der Waals surface area contributed by atoms with Gasteiger partial charge in [0.1, 0.15) is 5.75 Å². The first-order chi connectivity index (χ1) is 9.65. The van der Waals surface area contributed by atoms with E-state index in [4.69, 9.17) is 4.74 Å². The van der Waals surface area contributed by atoms with Crippen LogP contribution in [0.5, 0.6) is 5.75 Å². The number of Topliss-reactive ketones (excluding diaryl/α,β-unsaturated/α-hetero) is 1. The molecule has 20 heavy (non-hydrogen) atoms. The molecule has 0 aliphatic rings. The minimum atomic E-state index is -0.367. The topological polar surface area (TPSA) is 43.4 Å². The van der Waals surface area contributed by atoms with Crippen LogP contribution in [0.25, 0.3) is 0 Å². The van der Waals surface area contributed by atoms with Crippen LogP contribution in [-0.4, -0.2) is 11.8 Å². The zero-order valence-corrected chi connectivity index (χ0v) is 11.3. The fourth-order valence-corrected chi connectivity index (χ4v) is 1.92. The van der Waals surface area contributed by atoms with Crippen LogP contribution in [0, 0.1) is 0 Å². The number of benzene rings is 2. The van der Waals surface area contributed by atoms with Gasteiger partial charge < -0.3 is 4.74 Å². The Balaban J connectivity index is 1.94.